The van der Waals surface area contributed by atoms with Crippen molar-refractivity contribution in [2.75, 3.05) is 12.9 Å². The van der Waals surface area contributed by atoms with Gasteiger partial charge in [0, 0.05) is 22.5 Å². The van der Waals surface area contributed by atoms with Crippen molar-refractivity contribution in [3.05, 3.63) is 38.3 Å². The summed E-state index contributed by atoms with van der Waals surface area (Å²) in [4.78, 5) is 26.5. The number of thioether (sulfide) groups is 1. The monoisotopic (exact) mass is 373 g/mol. The SMILES string of the molecule is COc1cc([C@@H]2c3sc(=O)[nH]c3SC[C@H]2C=O)ccc1OC(F)F. The van der Waals surface area contributed by atoms with E-state index in [1.54, 1.807) is 12.1 Å². The Morgan fingerprint density at radius 2 is 2.17 bits per heavy atom. The van der Waals surface area contributed by atoms with Crippen molar-refractivity contribution in [1.82, 2.24) is 4.98 Å². The number of hydrogen-bond donors (Lipinski definition) is 1. The maximum atomic E-state index is 12.4. The third-order valence-corrected chi connectivity index (χ3v) is 5.97. The molecule has 1 aliphatic heterocycles. The van der Waals surface area contributed by atoms with Crippen molar-refractivity contribution in [1.29, 1.82) is 0 Å². The Balaban J connectivity index is 2.06. The molecule has 0 aliphatic carbocycles. The van der Waals surface area contributed by atoms with Gasteiger partial charge in [-0.15, -0.1) is 11.8 Å². The average molecular weight is 373 g/mol. The van der Waals surface area contributed by atoms with Gasteiger partial charge in [-0.2, -0.15) is 8.78 Å². The molecule has 5 nitrogen and oxygen atoms in total. The fourth-order valence-electron chi connectivity index (χ4n) is 2.70. The van der Waals surface area contributed by atoms with Crippen molar-refractivity contribution in [2.45, 2.75) is 17.6 Å². The second-order valence-electron chi connectivity index (χ2n) is 5.09. The minimum atomic E-state index is -2.96. The predicted molar refractivity (Wildman–Crippen MR) is 86.7 cm³/mol. The van der Waals surface area contributed by atoms with E-state index in [1.165, 1.54) is 24.9 Å². The second kappa shape index (κ2) is 6.94. The number of nitrogens with one attached hydrogen (secondary N) is 1. The molecule has 9 heteroatoms. The lowest BCUT2D eigenvalue weighted by Crippen LogP contribution is -2.21. The number of rotatable bonds is 5. The van der Waals surface area contributed by atoms with Crippen LogP contribution < -0.4 is 14.3 Å². The number of thiazole rings is 1. The summed E-state index contributed by atoms with van der Waals surface area (Å²) in [6.45, 7) is -2.96. The first-order valence-electron chi connectivity index (χ1n) is 6.97. The molecule has 0 unspecified atom stereocenters. The minimum absolute atomic E-state index is 0.0773. The molecule has 0 saturated heterocycles. The molecule has 3 rings (SSSR count). The zero-order valence-corrected chi connectivity index (χ0v) is 14.1. The van der Waals surface area contributed by atoms with Gasteiger partial charge in [-0.3, -0.25) is 4.79 Å². The van der Waals surface area contributed by atoms with Crippen LogP contribution in [0.2, 0.25) is 0 Å². The number of halogens is 2. The quantitative estimate of drug-likeness (QED) is 0.816. The van der Waals surface area contributed by atoms with Crippen molar-refractivity contribution >= 4 is 29.4 Å². The van der Waals surface area contributed by atoms with E-state index in [9.17, 15) is 18.4 Å². The molecule has 24 heavy (non-hydrogen) atoms. The molecule has 0 fully saturated rings. The zero-order chi connectivity index (χ0) is 17.3. The highest BCUT2D eigenvalue weighted by Crippen LogP contribution is 2.45. The summed E-state index contributed by atoms with van der Waals surface area (Å²) in [7, 11) is 1.35. The topological polar surface area (TPSA) is 68.4 Å². The van der Waals surface area contributed by atoms with Gasteiger partial charge in [0.05, 0.1) is 12.1 Å². The molecule has 128 valence electrons. The number of H-pyrrole nitrogens is 1. The summed E-state index contributed by atoms with van der Waals surface area (Å²) in [6, 6.07) is 4.58. The number of carbonyl (C=O) groups is 1. The Hall–Kier alpha value is -1.87. The molecule has 2 heterocycles. The number of aldehydes is 1. The van der Waals surface area contributed by atoms with Crippen LogP contribution in [0.1, 0.15) is 16.4 Å². The van der Waals surface area contributed by atoms with Crippen LogP contribution in [0.3, 0.4) is 0 Å². The van der Waals surface area contributed by atoms with Gasteiger partial charge in [0.2, 0.25) is 0 Å². The highest BCUT2D eigenvalue weighted by Gasteiger charge is 2.34. The molecule has 1 aromatic heterocycles. The van der Waals surface area contributed by atoms with Crippen molar-refractivity contribution in [2.24, 2.45) is 5.92 Å². The molecule has 2 aromatic rings. The first-order valence-corrected chi connectivity index (χ1v) is 8.77. The Bertz CT molecular complexity index is 805. The first kappa shape index (κ1) is 17.0. The van der Waals surface area contributed by atoms with Crippen LogP contribution in [-0.2, 0) is 4.79 Å². The maximum Gasteiger partial charge on any atom is 0.387 e. The summed E-state index contributed by atoms with van der Waals surface area (Å²) < 4.78 is 34.4. The van der Waals surface area contributed by atoms with Crippen LogP contribution in [0.5, 0.6) is 11.5 Å². The third kappa shape index (κ3) is 3.18. The molecule has 0 spiro atoms. The van der Waals surface area contributed by atoms with Crippen LogP contribution in [0, 0.1) is 5.92 Å². The summed E-state index contributed by atoms with van der Waals surface area (Å²) in [5, 5.41) is 0.750. The van der Waals surface area contributed by atoms with Crippen molar-refractivity contribution < 1.29 is 23.0 Å². The van der Waals surface area contributed by atoms with Gasteiger partial charge >= 0.3 is 11.5 Å². The fourth-order valence-corrected chi connectivity index (χ4v) is 5.06. The number of hydrogen-bond acceptors (Lipinski definition) is 6. The number of carbonyl (C=O) groups excluding carboxylic acids is 1. The summed E-state index contributed by atoms with van der Waals surface area (Å²) in [6.07, 6.45) is 0.862. The van der Waals surface area contributed by atoms with Crippen LogP contribution in [-0.4, -0.2) is 30.7 Å². The summed E-state index contributed by atoms with van der Waals surface area (Å²) >= 11 is 2.49. The summed E-state index contributed by atoms with van der Waals surface area (Å²) in [5.41, 5.74) is 0.711. The normalized spacial score (nSPS) is 19.8. The third-order valence-electron chi connectivity index (χ3n) is 3.71. The molecular formula is C15H13F2NO4S2. The van der Waals surface area contributed by atoms with Crippen LogP contribution in [0.4, 0.5) is 8.78 Å². The smallest absolute Gasteiger partial charge is 0.387 e. The minimum Gasteiger partial charge on any atom is -0.493 e. The van der Waals surface area contributed by atoms with Gasteiger partial charge in [-0.05, 0) is 17.7 Å². The molecule has 0 bridgehead atoms. The van der Waals surface area contributed by atoms with E-state index in [-0.39, 0.29) is 28.2 Å². The molecule has 0 amide bonds. The van der Waals surface area contributed by atoms with E-state index >= 15 is 0 Å². The standard InChI is InChI=1S/C15H13F2NO4S2/c1-21-10-4-7(2-3-9(10)22-14(16)17)11-8(5-19)6-23-13-12(11)24-15(20)18-13/h2-5,8,11,14H,6H2,1H3,(H,18,20)/t8-,11+/m1/s1. The van der Waals surface area contributed by atoms with Gasteiger partial charge in [0.1, 0.15) is 6.29 Å². The van der Waals surface area contributed by atoms with Gasteiger partial charge in [-0.25, -0.2) is 0 Å². The predicted octanol–water partition coefficient (Wildman–Crippen LogP) is 3.10. The molecular weight excluding hydrogens is 360 g/mol. The molecule has 1 aliphatic rings. The number of ether oxygens (including phenoxy) is 2. The van der Waals surface area contributed by atoms with E-state index in [2.05, 4.69) is 9.72 Å². The fraction of sp³-hybridized carbons (Fsp3) is 0.333. The number of alkyl halides is 2. The second-order valence-corrected chi connectivity index (χ2v) is 7.13. The lowest BCUT2D eigenvalue weighted by molar-refractivity contribution is -0.110. The molecule has 0 saturated carbocycles. The van der Waals surface area contributed by atoms with Crippen LogP contribution in [0.25, 0.3) is 0 Å². The summed E-state index contributed by atoms with van der Waals surface area (Å²) in [5.74, 6) is -0.0322. The van der Waals surface area contributed by atoms with Crippen LogP contribution >= 0.6 is 23.1 Å². The van der Waals surface area contributed by atoms with Crippen LogP contribution in [0.15, 0.2) is 28.0 Å². The lowest BCUT2D eigenvalue weighted by atomic mass is 9.86. The zero-order valence-electron chi connectivity index (χ0n) is 12.5. The highest BCUT2D eigenvalue weighted by atomic mass is 32.2. The Labute approximate surface area is 144 Å². The highest BCUT2D eigenvalue weighted by molar-refractivity contribution is 7.99. The maximum absolute atomic E-state index is 12.4. The average Bonchev–Trinajstić information content (AvgIpc) is 2.94. The molecule has 1 aromatic carbocycles. The number of aromatic amines is 1. The molecule has 2 atom stereocenters. The van der Waals surface area contributed by atoms with Crippen molar-refractivity contribution in [3.8, 4) is 11.5 Å². The Morgan fingerprint density at radius 1 is 1.38 bits per heavy atom. The van der Waals surface area contributed by atoms with E-state index in [0.29, 0.717) is 11.3 Å². The number of benzene rings is 1. The van der Waals surface area contributed by atoms with Gasteiger partial charge in [0.25, 0.3) is 0 Å². The van der Waals surface area contributed by atoms with E-state index < -0.39 is 6.61 Å². The van der Waals surface area contributed by atoms with Gasteiger partial charge in [0.15, 0.2) is 11.5 Å². The van der Waals surface area contributed by atoms with Crippen molar-refractivity contribution in [3.63, 3.8) is 0 Å². The Morgan fingerprint density at radius 3 is 2.83 bits per heavy atom. The van der Waals surface area contributed by atoms with E-state index in [0.717, 1.165) is 27.5 Å². The van der Waals surface area contributed by atoms with Gasteiger partial charge < -0.3 is 19.3 Å². The number of aromatic nitrogens is 1. The molecule has 0 radical (unpaired) electrons. The first-order chi connectivity index (χ1) is 11.5. The largest absolute Gasteiger partial charge is 0.493 e. The number of methoxy groups -OCH3 is 1. The van der Waals surface area contributed by atoms with E-state index in [1.807, 2.05) is 0 Å². The van der Waals surface area contributed by atoms with Gasteiger partial charge in [-0.1, -0.05) is 17.4 Å². The van der Waals surface area contributed by atoms with E-state index in [4.69, 9.17) is 4.74 Å². The lowest BCUT2D eigenvalue weighted by Gasteiger charge is -2.27. The number of fused-ring (bicyclic) bond motifs is 1. The molecule has 1 N–H and O–H groups in total. The Kier molecular flexibility index (Phi) is 4.91.